The van der Waals surface area contributed by atoms with E-state index in [1.165, 1.54) is 0 Å². The molecule has 2 aromatic rings. The maximum atomic E-state index is 4.65. The van der Waals surface area contributed by atoms with Crippen molar-refractivity contribution in [2.75, 3.05) is 6.54 Å². The molecule has 2 heterocycles. The number of nitrogens with one attached hydrogen (secondary N) is 1. The molecule has 2 atom stereocenters. The van der Waals surface area contributed by atoms with Gasteiger partial charge in [0.25, 0.3) is 0 Å². The molecule has 1 N–H and O–H groups in total. The van der Waals surface area contributed by atoms with Gasteiger partial charge in [-0.15, -0.1) is 0 Å². The molecule has 4 heteroatoms. The predicted molar refractivity (Wildman–Crippen MR) is 69.2 cm³/mol. The monoisotopic (exact) mass is 232 g/mol. The van der Waals surface area contributed by atoms with Gasteiger partial charge >= 0.3 is 0 Å². The number of likely N-dealkylation sites (N-methyl/N-ethyl adjacent to an activating group) is 1. The third-order valence-electron chi connectivity index (χ3n) is 3.26. The van der Waals surface area contributed by atoms with Crippen molar-refractivity contribution < 1.29 is 0 Å². The lowest BCUT2D eigenvalue weighted by molar-refractivity contribution is 0.443. The molecule has 0 aliphatic carbocycles. The highest BCUT2D eigenvalue weighted by Crippen LogP contribution is 2.19. The van der Waals surface area contributed by atoms with Crippen LogP contribution in [0.2, 0.25) is 0 Å². The fourth-order valence-corrected chi connectivity index (χ4v) is 2.22. The molecule has 0 bridgehead atoms. The minimum Gasteiger partial charge on any atom is -0.314 e. The Morgan fingerprint density at radius 2 is 2.18 bits per heavy atom. The van der Waals surface area contributed by atoms with Gasteiger partial charge in [-0.3, -0.25) is 0 Å². The molecule has 0 radical (unpaired) electrons. The molecule has 0 aromatic carbocycles. The van der Waals surface area contributed by atoms with Crippen molar-refractivity contribution in [3.05, 3.63) is 30.2 Å². The average molecular weight is 232 g/mol. The normalized spacial score (nSPS) is 15.0. The molecule has 0 spiro atoms. The van der Waals surface area contributed by atoms with E-state index < -0.39 is 0 Å². The summed E-state index contributed by atoms with van der Waals surface area (Å²) < 4.78 is 1.80. The third kappa shape index (κ3) is 2.47. The lowest BCUT2D eigenvalue weighted by Gasteiger charge is -2.23. The second kappa shape index (κ2) is 5.27. The molecule has 0 fully saturated rings. The van der Waals surface area contributed by atoms with E-state index >= 15 is 0 Å². The van der Waals surface area contributed by atoms with Crippen molar-refractivity contribution in [2.24, 2.45) is 0 Å². The molecular weight excluding hydrogens is 212 g/mol. The van der Waals surface area contributed by atoms with E-state index in [1.54, 1.807) is 10.7 Å². The van der Waals surface area contributed by atoms with Gasteiger partial charge in [0.1, 0.15) is 0 Å². The van der Waals surface area contributed by atoms with Crippen molar-refractivity contribution in [2.45, 2.75) is 39.2 Å². The van der Waals surface area contributed by atoms with E-state index in [-0.39, 0.29) is 0 Å². The van der Waals surface area contributed by atoms with E-state index in [1.807, 2.05) is 12.3 Å². The highest BCUT2D eigenvalue weighted by molar-refractivity contribution is 5.37. The topological polar surface area (TPSA) is 42.2 Å². The SMILES string of the molecule is CCNC(CC)C(C)c1ccn2nccc2n1. The molecule has 92 valence electrons. The van der Waals surface area contributed by atoms with Crippen LogP contribution in [0.3, 0.4) is 0 Å². The van der Waals surface area contributed by atoms with E-state index in [2.05, 4.69) is 42.2 Å². The second-order valence-electron chi connectivity index (χ2n) is 4.35. The predicted octanol–water partition coefficient (Wildman–Crippen LogP) is 2.22. The maximum Gasteiger partial charge on any atom is 0.155 e. The Kier molecular flexibility index (Phi) is 3.74. The number of hydrogen-bond acceptors (Lipinski definition) is 3. The Bertz CT molecular complexity index is 477. The molecule has 0 saturated heterocycles. The summed E-state index contributed by atoms with van der Waals surface area (Å²) in [5.41, 5.74) is 2.05. The van der Waals surface area contributed by atoms with E-state index in [0.29, 0.717) is 12.0 Å². The zero-order chi connectivity index (χ0) is 12.3. The largest absolute Gasteiger partial charge is 0.314 e. The summed E-state index contributed by atoms with van der Waals surface area (Å²) in [6, 6.07) is 4.48. The molecule has 0 aliphatic rings. The number of rotatable bonds is 5. The van der Waals surface area contributed by atoms with Gasteiger partial charge in [-0.2, -0.15) is 5.10 Å². The van der Waals surface area contributed by atoms with Crippen LogP contribution in [0, 0.1) is 0 Å². The van der Waals surface area contributed by atoms with Gasteiger partial charge in [0.05, 0.1) is 6.20 Å². The molecule has 0 amide bonds. The zero-order valence-corrected chi connectivity index (χ0v) is 10.7. The molecule has 4 nitrogen and oxygen atoms in total. The van der Waals surface area contributed by atoms with Gasteiger partial charge in [-0.05, 0) is 19.0 Å². The van der Waals surface area contributed by atoms with Crippen molar-refractivity contribution in [1.82, 2.24) is 19.9 Å². The summed E-state index contributed by atoms with van der Waals surface area (Å²) in [6.45, 7) is 7.58. The first-order valence-corrected chi connectivity index (χ1v) is 6.30. The van der Waals surface area contributed by atoms with Gasteiger partial charge < -0.3 is 5.32 Å². The van der Waals surface area contributed by atoms with Gasteiger partial charge in [0.2, 0.25) is 0 Å². The minimum atomic E-state index is 0.417. The Hall–Kier alpha value is -1.42. The third-order valence-corrected chi connectivity index (χ3v) is 3.26. The fraction of sp³-hybridized carbons (Fsp3) is 0.538. The van der Waals surface area contributed by atoms with Gasteiger partial charge in [-0.25, -0.2) is 9.50 Å². The minimum absolute atomic E-state index is 0.417. The molecule has 2 rings (SSSR count). The molecule has 17 heavy (non-hydrogen) atoms. The van der Waals surface area contributed by atoms with Crippen molar-refractivity contribution in [1.29, 1.82) is 0 Å². The molecular formula is C13H20N4. The number of aromatic nitrogens is 3. The highest BCUT2D eigenvalue weighted by atomic mass is 15.2. The first-order valence-electron chi connectivity index (χ1n) is 6.30. The number of hydrogen-bond donors (Lipinski definition) is 1. The fourth-order valence-electron chi connectivity index (χ4n) is 2.22. The van der Waals surface area contributed by atoms with Crippen LogP contribution in [0.1, 0.15) is 38.8 Å². The van der Waals surface area contributed by atoms with Crippen LogP contribution in [-0.2, 0) is 0 Å². The first kappa shape index (κ1) is 12.0. The average Bonchev–Trinajstić information content (AvgIpc) is 2.82. The van der Waals surface area contributed by atoms with Gasteiger partial charge in [0.15, 0.2) is 5.65 Å². The Morgan fingerprint density at radius 1 is 1.35 bits per heavy atom. The summed E-state index contributed by atoms with van der Waals surface area (Å²) in [5.74, 6) is 0.417. The number of fused-ring (bicyclic) bond motifs is 1. The van der Waals surface area contributed by atoms with Crippen molar-refractivity contribution in [3.8, 4) is 0 Å². The van der Waals surface area contributed by atoms with Gasteiger partial charge in [0, 0.05) is 29.9 Å². The lowest BCUT2D eigenvalue weighted by atomic mass is 9.96. The summed E-state index contributed by atoms with van der Waals surface area (Å²) in [4.78, 5) is 4.65. The van der Waals surface area contributed by atoms with Crippen LogP contribution in [0.5, 0.6) is 0 Å². The van der Waals surface area contributed by atoms with Crippen LogP contribution in [-0.4, -0.2) is 27.2 Å². The van der Waals surface area contributed by atoms with Gasteiger partial charge in [-0.1, -0.05) is 20.8 Å². The first-order chi connectivity index (χ1) is 8.26. The summed E-state index contributed by atoms with van der Waals surface area (Å²) >= 11 is 0. The standard InChI is InChI=1S/C13H20N4/c1-4-11(14-5-2)10(3)12-7-9-17-13(16-12)6-8-15-17/h6-11,14H,4-5H2,1-3H3. The smallest absolute Gasteiger partial charge is 0.155 e. The van der Waals surface area contributed by atoms with Crippen LogP contribution in [0.15, 0.2) is 24.5 Å². The zero-order valence-electron chi connectivity index (χ0n) is 10.7. The van der Waals surface area contributed by atoms with Crippen molar-refractivity contribution in [3.63, 3.8) is 0 Å². The molecule has 0 saturated carbocycles. The summed E-state index contributed by atoms with van der Waals surface area (Å²) in [7, 11) is 0. The van der Waals surface area contributed by atoms with Crippen molar-refractivity contribution >= 4 is 5.65 Å². The molecule has 2 unspecified atom stereocenters. The quantitative estimate of drug-likeness (QED) is 0.859. The van der Waals surface area contributed by atoms with E-state index in [9.17, 15) is 0 Å². The van der Waals surface area contributed by atoms with Crippen LogP contribution >= 0.6 is 0 Å². The molecule has 0 aliphatic heterocycles. The summed E-state index contributed by atoms with van der Waals surface area (Å²) in [5, 5.41) is 7.67. The highest BCUT2D eigenvalue weighted by Gasteiger charge is 2.17. The molecule has 2 aromatic heterocycles. The Balaban J connectivity index is 2.24. The van der Waals surface area contributed by atoms with E-state index in [4.69, 9.17) is 0 Å². The van der Waals surface area contributed by atoms with Crippen LogP contribution in [0.25, 0.3) is 5.65 Å². The number of nitrogens with zero attached hydrogens (tertiary/aromatic N) is 3. The second-order valence-corrected chi connectivity index (χ2v) is 4.35. The van der Waals surface area contributed by atoms with E-state index in [0.717, 1.165) is 24.3 Å². The lowest BCUT2D eigenvalue weighted by Crippen LogP contribution is -2.33. The summed E-state index contributed by atoms with van der Waals surface area (Å²) in [6.07, 6.45) is 4.87. The Morgan fingerprint density at radius 3 is 2.88 bits per heavy atom. The van der Waals surface area contributed by atoms with Crippen LogP contribution in [0.4, 0.5) is 0 Å². The maximum absolute atomic E-state index is 4.65. The van der Waals surface area contributed by atoms with Crippen LogP contribution < -0.4 is 5.32 Å². The Labute approximate surface area is 102 Å².